The Kier molecular flexibility index (Phi) is 8.66. The Balaban J connectivity index is 0.00000441. The Morgan fingerprint density at radius 1 is 1.36 bits per heavy atom. The maximum Gasteiger partial charge on any atom is 0.251 e. The number of hydrogen-bond acceptors (Lipinski definition) is 4. The van der Waals surface area contributed by atoms with Crippen LogP contribution in [0.25, 0.3) is 0 Å². The van der Waals surface area contributed by atoms with E-state index >= 15 is 0 Å². The molecule has 0 heterocycles. The van der Waals surface area contributed by atoms with E-state index in [2.05, 4.69) is 12.2 Å². The molecule has 1 aromatic carbocycles. The molecule has 1 atom stereocenters. The first-order valence-electron chi connectivity index (χ1n) is 7.11. The second-order valence-electron chi connectivity index (χ2n) is 5.30. The summed E-state index contributed by atoms with van der Waals surface area (Å²) in [4.78, 5) is 12.5. The van der Waals surface area contributed by atoms with Crippen LogP contribution in [-0.2, 0) is 9.84 Å². The van der Waals surface area contributed by atoms with Crippen molar-refractivity contribution in [3.8, 4) is 0 Å². The average molecular weight is 349 g/mol. The highest BCUT2D eigenvalue weighted by molar-refractivity contribution is 7.90. The molecular formula is C15H25ClN2O3S. The molecule has 0 aliphatic carbocycles. The molecule has 0 aromatic heterocycles. The number of carbonyl (C=O) groups is 1. The molecule has 0 bridgehead atoms. The zero-order valence-electron chi connectivity index (χ0n) is 13.3. The molecule has 5 nitrogen and oxygen atoms in total. The van der Waals surface area contributed by atoms with E-state index in [1.54, 1.807) is 13.0 Å². The Morgan fingerprint density at radius 2 is 2.00 bits per heavy atom. The zero-order chi connectivity index (χ0) is 16.0. The van der Waals surface area contributed by atoms with E-state index < -0.39 is 9.84 Å². The van der Waals surface area contributed by atoms with Crippen LogP contribution in [0.3, 0.4) is 0 Å². The number of carbonyl (C=O) groups excluding carboxylic acids is 1. The molecule has 0 fully saturated rings. The van der Waals surface area contributed by atoms with Gasteiger partial charge in [0.2, 0.25) is 0 Å². The molecule has 0 aliphatic rings. The van der Waals surface area contributed by atoms with Crippen molar-refractivity contribution in [2.24, 2.45) is 5.73 Å². The number of amides is 1. The third kappa shape index (κ3) is 5.94. The summed E-state index contributed by atoms with van der Waals surface area (Å²) in [5.74, 6) is -0.274. The van der Waals surface area contributed by atoms with Gasteiger partial charge in [0.15, 0.2) is 9.84 Å². The monoisotopic (exact) mass is 348 g/mol. The zero-order valence-corrected chi connectivity index (χ0v) is 14.9. The van der Waals surface area contributed by atoms with Gasteiger partial charge in [-0.1, -0.05) is 25.8 Å². The first-order chi connectivity index (χ1) is 9.79. The minimum absolute atomic E-state index is 0. The Bertz CT molecular complexity index is 603. The molecule has 1 unspecified atom stereocenters. The summed E-state index contributed by atoms with van der Waals surface area (Å²) in [6.07, 6.45) is 3.98. The summed E-state index contributed by atoms with van der Waals surface area (Å²) in [6, 6.07) is 4.50. The second-order valence-corrected chi connectivity index (χ2v) is 7.31. The first kappa shape index (κ1) is 20.9. The lowest BCUT2D eigenvalue weighted by molar-refractivity contribution is 0.0935. The number of nitrogens with one attached hydrogen (secondary N) is 1. The van der Waals surface area contributed by atoms with Crippen molar-refractivity contribution in [1.29, 1.82) is 0 Å². The highest BCUT2D eigenvalue weighted by Gasteiger charge is 2.17. The minimum atomic E-state index is -3.33. The highest BCUT2D eigenvalue weighted by atomic mass is 35.5. The largest absolute Gasteiger partial charge is 0.348 e. The van der Waals surface area contributed by atoms with E-state index in [4.69, 9.17) is 5.73 Å². The van der Waals surface area contributed by atoms with E-state index in [0.717, 1.165) is 31.1 Å². The number of benzene rings is 1. The lowest BCUT2D eigenvalue weighted by Gasteiger charge is -2.17. The van der Waals surface area contributed by atoms with E-state index in [1.807, 2.05) is 0 Å². The summed E-state index contributed by atoms with van der Waals surface area (Å²) in [6.45, 7) is 4.23. The summed E-state index contributed by atoms with van der Waals surface area (Å²) < 4.78 is 23.2. The van der Waals surface area contributed by atoms with Crippen LogP contribution in [0, 0.1) is 6.92 Å². The fourth-order valence-corrected chi connectivity index (χ4v) is 2.69. The number of unbranched alkanes of at least 4 members (excludes halogenated alkanes) is 1. The summed E-state index contributed by atoms with van der Waals surface area (Å²) in [5.41, 5.74) is 6.79. The van der Waals surface area contributed by atoms with Crippen LogP contribution in [0.5, 0.6) is 0 Å². The van der Waals surface area contributed by atoms with Crippen molar-refractivity contribution in [2.45, 2.75) is 44.0 Å². The van der Waals surface area contributed by atoms with Gasteiger partial charge in [-0.3, -0.25) is 4.79 Å². The lowest BCUT2D eigenvalue weighted by atomic mass is 10.1. The van der Waals surface area contributed by atoms with Crippen LogP contribution in [0.1, 0.15) is 42.1 Å². The number of nitrogens with two attached hydrogens (primary N) is 1. The van der Waals surface area contributed by atoms with E-state index in [0.29, 0.717) is 12.1 Å². The SMILES string of the molecule is CCCCC(CN)NC(=O)c1cc(S(C)(=O)=O)ccc1C.Cl. The van der Waals surface area contributed by atoms with Gasteiger partial charge in [0.25, 0.3) is 5.91 Å². The van der Waals surface area contributed by atoms with Crippen molar-refractivity contribution in [2.75, 3.05) is 12.8 Å². The normalized spacial score (nSPS) is 12.4. The number of sulfone groups is 1. The summed E-state index contributed by atoms with van der Waals surface area (Å²) in [5, 5.41) is 2.88. The summed E-state index contributed by atoms with van der Waals surface area (Å²) in [7, 11) is -3.33. The third-order valence-electron chi connectivity index (χ3n) is 3.41. The smallest absolute Gasteiger partial charge is 0.251 e. The Hall–Kier alpha value is -1.11. The van der Waals surface area contributed by atoms with E-state index in [1.165, 1.54) is 12.1 Å². The van der Waals surface area contributed by atoms with Crippen LogP contribution in [0.4, 0.5) is 0 Å². The van der Waals surface area contributed by atoms with Gasteiger partial charge in [0, 0.05) is 24.4 Å². The fraction of sp³-hybridized carbons (Fsp3) is 0.533. The van der Waals surface area contributed by atoms with Crippen LogP contribution < -0.4 is 11.1 Å². The standard InChI is InChI=1S/C15H24N2O3S.ClH/c1-4-5-6-12(10-16)17-15(18)14-9-13(21(3,19)20)8-7-11(14)2;/h7-9,12H,4-6,10,16H2,1-3H3,(H,17,18);1H. The van der Waals surface area contributed by atoms with Crippen LogP contribution in [0.15, 0.2) is 23.1 Å². The molecule has 0 saturated heterocycles. The highest BCUT2D eigenvalue weighted by Crippen LogP contribution is 2.16. The maximum absolute atomic E-state index is 12.3. The topological polar surface area (TPSA) is 89.3 Å². The molecule has 3 N–H and O–H groups in total. The van der Waals surface area contributed by atoms with Gasteiger partial charge in [0.05, 0.1) is 4.90 Å². The molecule has 7 heteroatoms. The molecule has 0 spiro atoms. The van der Waals surface area contributed by atoms with Crippen molar-refractivity contribution >= 4 is 28.2 Å². The number of halogens is 1. The van der Waals surface area contributed by atoms with Crippen LogP contribution in [-0.4, -0.2) is 33.2 Å². The van der Waals surface area contributed by atoms with Gasteiger partial charge in [-0.25, -0.2) is 8.42 Å². The number of hydrogen-bond donors (Lipinski definition) is 2. The number of aryl methyl sites for hydroxylation is 1. The molecule has 0 aliphatic heterocycles. The van der Waals surface area contributed by atoms with E-state index in [9.17, 15) is 13.2 Å². The van der Waals surface area contributed by atoms with Crippen molar-refractivity contribution in [1.82, 2.24) is 5.32 Å². The molecule has 1 rings (SSSR count). The maximum atomic E-state index is 12.3. The van der Waals surface area contributed by atoms with Crippen molar-refractivity contribution in [3.05, 3.63) is 29.3 Å². The van der Waals surface area contributed by atoms with E-state index in [-0.39, 0.29) is 29.3 Å². The van der Waals surface area contributed by atoms with Crippen LogP contribution in [0.2, 0.25) is 0 Å². The Morgan fingerprint density at radius 3 is 2.50 bits per heavy atom. The Labute approximate surface area is 139 Å². The predicted octanol–water partition coefficient (Wildman–Crippen LogP) is 2.07. The van der Waals surface area contributed by atoms with Crippen molar-refractivity contribution in [3.63, 3.8) is 0 Å². The third-order valence-corrected chi connectivity index (χ3v) is 4.52. The molecule has 22 heavy (non-hydrogen) atoms. The molecule has 126 valence electrons. The number of rotatable bonds is 7. The molecule has 0 saturated carbocycles. The molecular weight excluding hydrogens is 324 g/mol. The van der Waals surface area contributed by atoms with Gasteiger partial charge in [-0.05, 0) is 31.0 Å². The van der Waals surface area contributed by atoms with Crippen LogP contribution >= 0.6 is 12.4 Å². The lowest BCUT2D eigenvalue weighted by Crippen LogP contribution is -2.40. The van der Waals surface area contributed by atoms with Gasteiger partial charge in [-0.2, -0.15) is 0 Å². The molecule has 0 radical (unpaired) electrons. The molecule has 1 aromatic rings. The van der Waals surface area contributed by atoms with Gasteiger partial charge in [0.1, 0.15) is 0 Å². The van der Waals surface area contributed by atoms with Gasteiger partial charge in [-0.15, -0.1) is 12.4 Å². The fourth-order valence-electron chi connectivity index (χ4n) is 2.04. The second kappa shape index (κ2) is 9.12. The van der Waals surface area contributed by atoms with Gasteiger partial charge < -0.3 is 11.1 Å². The average Bonchev–Trinajstić information content (AvgIpc) is 2.42. The first-order valence-corrected chi connectivity index (χ1v) is 9.00. The van der Waals surface area contributed by atoms with Gasteiger partial charge >= 0.3 is 0 Å². The summed E-state index contributed by atoms with van der Waals surface area (Å²) >= 11 is 0. The van der Waals surface area contributed by atoms with Crippen molar-refractivity contribution < 1.29 is 13.2 Å². The molecule has 1 amide bonds. The predicted molar refractivity (Wildman–Crippen MR) is 91.4 cm³/mol. The minimum Gasteiger partial charge on any atom is -0.348 e. The quantitative estimate of drug-likeness (QED) is 0.789.